The van der Waals surface area contributed by atoms with Crippen LogP contribution >= 0.6 is 0 Å². The first kappa shape index (κ1) is 8.47. The molecule has 3 unspecified atom stereocenters. The quantitative estimate of drug-likeness (QED) is 0.657. The first-order chi connectivity index (χ1) is 6.18. The van der Waals surface area contributed by atoms with Gasteiger partial charge in [-0.3, -0.25) is 9.80 Å². The number of carboxylic acid groups (broad SMARTS) is 1. The molecule has 0 aromatic heterocycles. The molecule has 3 atom stereocenters. The van der Waals surface area contributed by atoms with Crippen molar-refractivity contribution in [1.29, 1.82) is 0 Å². The van der Waals surface area contributed by atoms with E-state index < -0.39 is 5.97 Å². The molecule has 0 saturated heterocycles. The van der Waals surface area contributed by atoms with E-state index >= 15 is 0 Å². The second kappa shape index (κ2) is 2.97. The molecule has 0 aromatic rings. The highest BCUT2D eigenvalue weighted by atomic mass is 16.4. The lowest BCUT2D eigenvalue weighted by Gasteiger charge is -2.29. The highest BCUT2D eigenvalue weighted by molar-refractivity contribution is 5.70. The third kappa shape index (κ3) is 1.38. The largest absolute Gasteiger partial charge is 0.481 e. The Bertz CT molecular complexity index is 254. The van der Waals surface area contributed by atoms with E-state index in [2.05, 4.69) is 10.3 Å². The van der Waals surface area contributed by atoms with Crippen LogP contribution in [0.3, 0.4) is 0 Å². The third-order valence-corrected chi connectivity index (χ3v) is 2.95. The van der Waals surface area contributed by atoms with E-state index in [1.807, 2.05) is 12.1 Å². The average molecular weight is 183 g/mol. The number of nitrogens with zero attached hydrogens (tertiary/aromatic N) is 3. The Hall–Kier alpha value is -1.13. The van der Waals surface area contributed by atoms with Crippen LogP contribution in [0.4, 0.5) is 0 Å². The molecule has 1 N–H and O–H groups in total. The maximum absolute atomic E-state index is 10.7. The van der Waals surface area contributed by atoms with Crippen LogP contribution in [-0.4, -0.2) is 35.2 Å². The molecule has 72 valence electrons. The molecule has 0 radical (unpaired) electrons. The monoisotopic (exact) mass is 183 g/mol. The second-order valence-corrected chi connectivity index (χ2v) is 3.76. The zero-order valence-electron chi connectivity index (χ0n) is 7.55. The van der Waals surface area contributed by atoms with Gasteiger partial charge >= 0.3 is 5.97 Å². The van der Waals surface area contributed by atoms with Crippen LogP contribution in [0.5, 0.6) is 0 Å². The molecule has 1 aliphatic heterocycles. The highest BCUT2D eigenvalue weighted by Gasteiger charge is 2.38. The Morgan fingerprint density at radius 2 is 2.31 bits per heavy atom. The van der Waals surface area contributed by atoms with Crippen LogP contribution < -0.4 is 0 Å². The molecule has 1 heterocycles. The van der Waals surface area contributed by atoms with Crippen molar-refractivity contribution in [3.8, 4) is 0 Å². The molecule has 5 nitrogen and oxygen atoms in total. The zero-order chi connectivity index (χ0) is 9.42. The SMILES string of the molecule is CN1N=NC2CC(C(=O)O)CCC21. The second-order valence-electron chi connectivity index (χ2n) is 3.76. The number of rotatable bonds is 1. The van der Waals surface area contributed by atoms with E-state index in [0.29, 0.717) is 12.5 Å². The molecular weight excluding hydrogens is 170 g/mol. The third-order valence-electron chi connectivity index (χ3n) is 2.95. The Balaban J connectivity index is 2.03. The summed E-state index contributed by atoms with van der Waals surface area (Å²) in [5, 5.41) is 18.7. The van der Waals surface area contributed by atoms with Gasteiger partial charge in [-0.25, -0.2) is 0 Å². The van der Waals surface area contributed by atoms with E-state index in [-0.39, 0.29) is 12.0 Å². The van der Waals surface area contributed by atoms with Crippen molar-refractivity contribution >= 4 is 5.97 Å². The fourth-order valence-electron chi connectivity index (χ4n) is 2.13. The minimum atomic E-state index is -0.691. The first-order valence-corrected chi connectivity index (χ1v) is 4.55. The summed E-state index contributed by atoms with van der Waals surface area (Å²) in [5.41, 5.74) is 0. The van der Waals surface area contributed by atoms with E-state index in [0.717, 1.165) is 12.8 Å². The summed E-state index contributed by atoms with van der Waals surface area (Å²) in [6, 6.07) is 0.454. The number of fused-ring (bicyclic) bond motifs is 1. The number of carboxylic acids is 1. The van der Waals surface area contributed by atoms with Crippen molar-refractivity contribution < 1.29 is 9.90 Å². The molecule has 0 spiro atoms. The Kier molecular flexibility index (Phi) is 1.94. The van der Waals surface area contributed by atoms with Gasteiger partial charge in [0.05, 0.1) is 18.0 Å². The number of aliphatic carboxylic acids is 1. The molecular formula is C8H13N3O2. The number of hydrogen-bond acceptors (Lipinski definition) is 4. The van der Waals surface area contributed by atoms with Crippen molar-refractivity contribution in [2.24, 2.45) is 16.3 Å². The van der Waals surface area contributed by atoms with Crippen LogP contribution in [0.1, 0.15) is 19.3 Å². The molecule has 1 saturated carbocycles. The smallest absolute Gasteiger partial charge is 0.306 e. The summed E-state index contributed by atoms with van der Waals surface area (Å²) >= 11 is 0. The van der Waals surface area contributed by atoms with Crippen LogP contribution in [0.15, 0.2) is 10.3 Å². The minimum absolute atomic E-state index is 0.111. The fourth-order valence-corrected chi connectivity index (χ4v) is 2.13. The van der Waals surface area contributed by atoms with Gasteiger partial charge in [-0.2, -0.15) is 5.11 Å². The van der Waals surface area contributed by atoms with Gasteiger partial charge in [-0.1, -0.05) is 5.22 Å². The number of carbonyl (C=O) groups is 1. The predicted molar refractivity (Wildman–Crippen MR) is 45.2 cm³/mol. The van der Waals surface area contributed by atoms with Crippen molar-refractivity contribution in [2.75, 3.05) is 7.05 Å². The maximum atomic E-state index is 10.7. The molecule has 5 heteroatoms. The van der Waals surface area contributed by atoms with Crippen molar-refractivity contribution in [3.05, 3.63) is 0 Å². The summed E-state index contributed by atoms with van der Waals surface area (Å²) in [7, 11) is 1.90. The summed E-state index contributed by atoms with van der Waals surface area (Å²) in [6.45, 7) is 0. The average Bonchev–Trinajstić information content (AvgIpc) is 2.47. The highest BCUT2D eigenvalue weighted by Crippen LogP contribution is 2.33. The Morgan fingerprint density at radius 3 is 3.00 bits per heavy atom. The lowest BCUT2D eigenvalue weighted by atomic mass is 9.83. The van der Waals surface area contributed by atoms with E-state index in [4.69, 9.17) is 5.11 Å². The van der Waals surface area contributed by atoms with Gasteiger partial charge in [-0.15, -0.1) is 0 Å². The van der Waals surface area contributed by atoms with Crippen molar-refractivity contribution in [2.45, 2.75) is 31.3 Å². The molecule has 0 aromatic carbocycles. The van der Waals surface area contributed by atoms with Gasteiger partial charge in [0.1, 0.15) is 0 Å². The minimum Gasteiger partial charge on any atom is -0.481 e. The fraction of sp³-hybridized carbons (Fsp3) is 0.875. The zero-order valence-corrected chi connectivity index (χ0v) is 7.55. The molecule has 1 fully saturated rings. The summed E-state index contributed by atoms with van der Waals surface area (Å²) in [4.78, 5) is 10.7. The first-order valence-electron chi connectivity index (χ1n) is 4.55. The molecule has 0 amide bonds. The summed E-state index contributed by atoms with van der Waals surface area (Å²) in [5.74, 6) is -0.907. The van der Waals surface area contributed by atoms with Gasteiger partial charge in [0, 0.05) is 7.05 Å². The number of hydrogen-bond donors (Lipinski definition) is 1. The lowest BCUT2D eigenvalue weighted by Crippen LogP contribution is -2.39. The van der Waals surface area contributed by atoms with Crippen LogP contribution in [0.2, 0.25) is 0 Å². The topological polar surface area (TPSA) is 65.3 Å². The predicted octanol–water partition coefficient (Wildman–Crippen LogP) is 0.921. The van der Waals surface area contributed by atoms with Crippen LogP contribution in [-0.2, 0) is 4.79 Å². The van der Waals surface area contributed by atoms with Gasteiger partial charge < -0.3 is 5.11 Å². The lowest BCUT2D eigenvalue weighted by molar-refractivity contribution is -0.143. The standard InChI is InChI=1S/C8H13N3O2/c1-11-7-3-2-5(8(12)13)4-6(7)9-10-11/h5-7H,2-4H2,1H3,(H,12,13). The van der Waals surface area contributed by atoms with Crippen molar-refractivity contribution in [3.63, 3.8) is 0 Å². The molecule has 13 heavy (non-hydrogen) atoms. The Morgan fingerprint density at radius 1 is 1.54 bits per heavy atom. The molecule has 0 bridgehead atoms. The Labute approximate surface area is 76.4 Å². The van der Waals surface area contributed by atoms with Crippen molar-refractivity contribution in [1.82, 2.24) is 5.01 Å². The van der Waals surface area contributed by atoms with Crippen LogP contribution in [0, 0.1) is 5.92 Å². The van der Waals surface area contributed by atoms with Gasteiger partial charge in [0.25, 0.3) is 0 Å². The molecule has 2 rings (SSSR count). The summed E-state index contributed by atoms with van der Waals surface area (Å²) < 4.78 is 0. The van der Waals surface area contributed by atoms with Gasteiger partial charge in [0.2, 0.25) is 0 Å². The van der Waals surface area contributed by atoms with E-state index in [1.165, 1.54) is 0 Å². The number of likely N-dealkylation sites (N-methyl/N-ethyl adjacent to an activating group) is 1. The maximum Gasteiger partial charge on any atom is 0.306 e. The van der Waals surface area contributed by atoms with Gasteiger partial charge in [-0.05, 0) is 19.3 Å². The van der Waals surface area contributed by atoms with Gasteiger partial charge in [0.15, 0.2) is 0 Å². The summed E-state index contributed by atoms with van der Waals surface area (Å²) in [6.07, 6.45) is 2.30. The molecule has 1 aliphatic carbocycles. The van der Waals surface area contributed by atoms with E-state index in [1.54, 1.807) is 0 Å². The van der Waals surface area contributed by atoms with E-state index in [9.17, 15) is 4.79 Å². The normalized spacial score (nSPS) is 37.6. The molecule has 2 aliphatic rings. The van der Waals surface area contributed by atoms with Crippen LogP contribution in [0.25, 0.3) is 0 Å².